The van der Waals surface area contributed by atoms with Crippen LogP contribution in [0.5, 0.6) is 0 Å². The third kappa shape index (κ3) is 4.80. The normalized spacial score (nSPS) is 14.2. The highest BCUT2D eigenvalue weighted by Crippen LogP contribution is 2.29. The lowest BCUT2D eigenvalue weighted by molar-refractivity contribution is 0.0626. The Morgan fingerprint density at radius 2 is 1.47 bits per heavy atom. The molecule has 6 rings (SSSR count). The van der Waals surface area contributed by atoms with E-state index in [1.54, 1.807) is 29.2 Å². The van der Waals surface area contributed by atoms with E-state index in [0.29, 0.717) is 38.3 Å². The summed E-state index contributed by atoms with van der Waals surface area (Å²) in [6.45, 7) is 3.07. The number of pyridine rings is 1. The molecule has 0 bridgehead atoms. The Hall–Kier alpha value is -4.36. The number of amides is 1. The largest absolute Gasteiger partial charge is 0.336 e. The van der Waals surface area contributed by atoms with Gasteiger partial charge in [0.15, 0.2) is 0 Å². The van der Waals surface area contributed by atoms with Crippen molar-refractivity contribution in [3.8, 4) is 22.4 Å². The van der Waals surface area contributed by atoms with E-state index in [-0.39, 0.29) is 11.7 Å². The molecule has 0 atom stereocenters. The molecule has 3 heterocycles. The number of imidazole rings is 1. The molecule has 1 saturated heterocycles. The molecule has 1 aliphatic heterocycles. The van der Waals surface area contributed by atoms with E-state index in [2.05, 4.69) is 33.7 Å². The van der Waals surface area contributed by atoms with Crippen molar-refractivity contribution in [3.63, 3.8) is 0 Å². The molecule has 1 fully saturated rings. The van der Waals surface area contributed by atoms with Gasteiger partial charge in [-0.05, 0) is 65.7 Å². The number of benzene rings is 3. The number of hydrogen-bond acceptors (Lipinski definition) is 3. The Morgan fingerprint density at radius 3 is 2.21 bits per heavy atom. The number of halogens is 2. The van der Waals surface area contributed by atoms with Crippen molar-refractivity contribution in [1.82, 2.24) is 19.2 Å². The van der Waals surface area contributed by atoms with Crippen LogP contribution in [-0.2, 0) is 6.54 Å². The molecule has 5 aromatic rings. The summed E-state index contributed by atoms with van der Waals surface area (Å²) in [7, 11) is 0. The van der Waals surface area contributed by atoms with E-state index >= 15 is 0 Å². The third-order valence-corrected chi connectivity index (χ3v) is 7.05. The maximum absolute atomic E-state index is 13.7. The van der Waals surface area contributed by atoms with Gasteiger partial charge in [-0.25, -0.2) is 13.8 Å². The summed E-state index contributed by atoms with van der Waals surface area (Å²) in [5, 5.41) is 0. The van der Waals surface area contributed by atoms with Gasteiger partial charge in [0.25, 0.3) is 5.91 Å². The Balaban J connectivity index is 1.29. The van der Waals surface area contributed by atoms with Crippen LogP contribution < -0.4 is 0 Å². The fraction of sp³-hybridized carbons (Fsp3) is 0.161. The summed E-state index contributed by atoms with van der Waals surface area (Å²) in [5.41, 5.74) is 6.05. The number of piperazine rings is 1. The molecule has 0 spiro atoms. The average Bonchev–Trinajstić information content (AvgIpc) is 3.31. The standard InChI is InChI=1S/C31H26F2N4O/c32-26-12-9-23(10-13-26)30-28(37-20-25(11-14-29(37)34-30)22-5-2-1-3-6-22)21-35-15-17-36(18-16-35)31(38)24-7-4-8-27(33)19-24/h1-14,19-20H,15-18,21H2. The monoisotopic (exact) mass is 508 g/mol. The predicted octanol–water partition coefficient (Wildman–Crippen LogP) is 5.90. The summed E-state index contributed by atoms with van der Waals surface area (Å²) < 4.78 is 29.4. The first-order valence-corrected chi connectivity index (χ1v) is 12.6. The van der Waals surface area contributed by atoms with E-state index in [1.165, 1.54) is 24.3 Å². The van der Waals surface area contributed by atoms with E-state index in [9.17, 15) is 13.6 Å². The minimum absolute atomic E-state index is 0.154. The predicted molar refractivity (Wildman–Crippen MR) is 144 cm³/mol. The highest BCUT2D eigenvalue weighted by Gasteiger charge is 2.25. The van der Waals surface area contributed by atoms with Crippen LogP contribution in [0, 0.1) is 11.6 Å². The lowest BCUT2D eigenvalue weighted by Gasteiger charge is -2.34. The van der Waals surface area contributed by atoms with Gasteiger partial charge < -0.3 is 9.30 Å². The van der Waals surface area contributed by atoms with Gasteiger partial charge >= 0.3 is 0 Å². The Morgan fingerprint density at radius 1 is 0.737 bits per heavy atom. The number of carbonyl (C=O) groups is 1. The van der Waals surface area contributed by atoms with Crippen LogP contribution in [0.4, 0.5) is 8.78 Å². The molecule has 38 heavy (non-hydrogen) atoms. The fourth-order valence-electron chi connectivity index (χ4n) is 5.01. The molecule has 1 aliphatic rings. The first kappa shape index (κ1) is 24.0. The van der Waals surface area contributed by atoms with Crippen LogP contribution in [-0.4, -0.2) is 51.3 Å². The van der Waals surface area contributed by atoms with E-state index < -0.39 is 5.82 Å². The van der Waals surface area contributed by atoms with E-state index in [1.807, 2.05) is 24.3 Å². The quantitative estimate of drug-likeness (QED) is 0.297. The molecule has 2 aromatic heterocycles. The highest BCUT2D eigenvalue weighted by molar-refractivity contribution is 5.94. The van der Waals surface area contributed by atoms with Gasteiger partial charge in [-0.1, -0.05) is 36.4 Å². The first-order valence-electron chi connectivity index (χ1n) is 12.6. The number of fused-ring (bicyclic) bond motifs is 1. The zero-order chi connectivity index (χ0) is 26.1. The van der Waals surface area contributed by atoms with Gasteiger partial charge in [-0.2, -0.15) is 0 Å². The Kier molecular flexibility index (Phi) is 6.43. The number of hydrogen-bond donors (Lipinski definition) is 0. The minimum Gasteiger partial charge on any atom is -0.336 e. The topological polar surface area (TPSA) is 40.9 Å². The first-order chi connectivity index (χ1) is 18.5. The zero-order valence-electron chi connectivity index (χ0n) is 20.7. The molecular formula is C31H26F2N4O. The lowest BCUT2D eigenvalue weighted by atomic mass is 10.1. The second-order valence-corrected chi connectivity index (χ2v) is 9.50. The van der Waals surface area contributed by atoms with Gasteiger partial charge in [0.05, 0.1) is 11.4 Å². The van der Waals surface area contributed by atoms with Crippen LogP contribution in [0.3, 0.4) is 0 Å². The molecule has 0 radical (unpaired) electrons. The Bertz CT molecular complexity index is 1590. The van der Waals surface area contributed by atoms with Crippen molar-refractivity contribution in [2.45, 2.75) is 6.54 Å². The van der Waals surface area contributed by atoms with Gasteiger partial charge in [-0.3, -0.25) is 9.69 Å². The molecule has 0 N–H and O–H groups in total. The van der Waals surface area contributed by atoms with E-state index in [4.69, 9.17) is 4.98 Å². The van der Waals surface area contributed by atoms with Crippen LogP contribution in [0.1, 0.15) is 16.1 Å². The second-order valence-electron chi connectivity index (χ2n) is 9.50. The maximum Gasteiger partial charge on any atom is 0.254 e. The third-order valence-electron chi connectivity index (χ3n) is 7.05. The van der Waals surface area contributed by atoms with E-state index in [0.717, 1.165) is 33.7 Å². The lowest BCUT2D eigenvalue weighted by Crippen LogP contribution is -2.48. The molecule has 190 valence electrons. The van der Waals surface area contributed by atoms with Crippen molar-refractivity contribution >= 4 is 11.6 Å². The maximum atomic E-state index is 13.7. The molecule has 0 aliphatic carbocycles. The van der Waals surface area contributed by atoms with Crippen molar-refractivity contribution in [2.24, 2.45) is 0 Å². The molecule has 0 unspecified atom stereocenters. The van der Waals surface area contributed by atoms with Gasteiger partial charge in [0, 0.05) is 50.0 Å². The molecular weight excluding hydrogens is 482 g/mol. The van der Waals surface area contributed by atoms with Crippen molar-refractivity contribution in [1.29, 1.82) is 0 Å². The van der Waals surface area contributed by atoms with Crippen molar-refractivity contribution in [2.75, 3.05) is 26.2 Å². The number of aromatic nitrogens is 2. The van der Waals surface area contributed by atoms with Crippen LogP contribution in [0.25, 0.3) is 28.0 Å². The minimum atomic E-state index is -0.412. The van der Waals surface area contributed by atoms with Crippen LogP contribution >= 0.6 is 0 Å². The summed E-state index contributed by atoms with van der Waals surface area (Å²) in [4.78, 5) is 21.9. The summed E-state index contributed by atoms with van der Waals surface area (Å²) in [6, 6.07) is 26.5. The van der Waals surface area contributed by atoms with Crippen LogP contribution in [0.2, 0.25) is 0 Å². The average molecular weight is 509 g/mol. The molecule has 7 heteroatoms. The van der Waals surface area contributed by atoms with Gasteiger partial charge in [0.2, 0.25) is 0 Å². The highest BCUT2D eigenvalue weighted by atomic mass is 19.1. The summed E-state index contributed by atoms with van der Waals surface area (Å²) >= 11 is 0. The zero-order valence-corrected chi connectivity index (χ0v) is 20.7. The van der Waals surface area contributed by atoms with Crippen molar-refractivity contribution in [3.05, 3.63) is 120 Å². The van der Waals surface area contributed by atoms with Gasteiger partial charge in [-0.15, -0.1) is 0 Å². The number of nitrogens with zero attached hydrogens (tertiary/aromatic N) is 4. The second kappa shape index (κ2) is 10.2. The number of carbonyl (C=O) groups excluding carboxylic acids is 1. The summed E-state index contributed by atoms with van der Waals surface area (Å²) in [6.07, 6.45) is 2.10. The molecule has 3 aromatic carbocycles. The van der Waals surface area contributed by atoms with Crippen molar-refractivity contribution < 1.29 is 13.6 Å². The molecule has 5 nitrogen and oxygen atoms in total. The summed E-state index contributed by atoms with van der Waals surface area (Å²) in [5.74, 6) is -0.853. The fourth-order valence-corrected chi connectivity index (χ4v) is 5.01. The van der Waals surface area contributed by atoms with Gasteiger partial charge in [0.1, 0.15) is 17.3 Å². The van der Waals surface area contributed by atoms with Crippen LogP contribution in [0.15, 0.2) is 97.2 Å². The molecule has 0 saturated carbocycles. The Labute approximate surface area is 219 Å². The smallest absolute Gasteiger partial charge is 0.254 e. The molecule has 1 amide bonds. The SMILES string of the molecule is O=C(c1cccc(F)c1)N1CCN(Cc2c(-c3ccc(F)cc3)nc3ccc(-c4ccccc4)cn23)CC1. The number of rotatable bonds is 5.